The van der Waals surface area contributed by atoms with Crippen LogP contribution in [0.25, 0.3) is 11.4 Å². The van der Waals surface area contributed by atoms with Gasteiger partial charge in [-0.2, -0.15) is 9.29 Å². The number of benzene rings is 2. The first kappa shape index (κ1) is 20.6. The molecule has 2 aromatic carbocycles. The Morgan fingerprint density at radius 1 is 1.10 bits per heavy atom. The number of sulfonamides is 1. The standard InChI is InChI=1S/C19H20N4O5S/c1-13(2)22(29(26,27)17-10-8-16(9-11-17)23(24)25)12-18-20-19(21-28-18)15-6-4-14(3)5-7-15/h4-11,13H,12H2,1-3H3. The Bertz CT molecular complexity index is 1110. The van der Waals surface area contributed by atoms with E-state index in [0.717, 1.165) is 23.3 Å². The Kier molecular flexibility index (Phi) is 5.76. The second-order valence-electron chi connectivity index (χ2n) is 6.77. The Morgan fingerprint density at radius 2 is 1.72 bits per heavy atom. The molecule has 0 N–H and O–H groups in total. The van der Waals surface area contributed by atoms with Crippen molar-refractivity contribution in [3.05, 3.63) is 70.1 Å². The molecule has 10 heteroatoms. The van der Waals surface area contributed by atoms with E-state index in [1.165, 1.54) is 16.4 Å². The molecule has 0 aliphatic rings. The van der Waals surface area contributed by atoms with E-state index in [-0.39, 0.29) is 23.0 Å². The van der Waals surface area contributed by atoms with E-state index in [9.17, 15) is 18.5 Å². The second kappa shape index (κ2) is 8.10. The molecule has 0 fully saturated rings. The summed E-state index contributed by atoms with van der Waals surface area (Å²) >= 11 is 0. The maximum absolute atomic E-state index is 13.0. The summed E-state index contributed by atoms with van der Waals surface area (Å²) < 4.78 is 32.5. The molecule has 0 saturated carbocycles. The average molecular weight is 416 g/mol. The maximum atomic E-state index is 13.0. The zero-order valence-electron chi connectivity index (χ0n) is 16.1. The highest BCUT2D eigenvalue weighted by molar-refractivity contribution is 7.89. The molecule has 0 aliphatic carbocycles. The van der Waals surface area contributed by atoms with E-state index in [1.54, 1.807) is 13.8 Å². The van der Waals surface area contributed by atoms with Gasteiger partial charge >= 0.3 is 0 Å². The van der Waals surface area contributed by atoms with Crippen molar-refractivity contribution >= 4 is 15.7 Å². The first-order valence-electron chi connectivity index (χ1n) is 8.84. The van der Waals surface area contributed by atoms with Gasteiger partial charge in [-0.05, 0) is 32.9 Å². The van der Waals surface area contributed by atoms with Crippen LogP contribution in [0.15, 0.2) is 57.9 Å². The minimum Gasteiger partial charge on any atom is -0.338 e. The lowest BCUT2D eigenvalue weighted by Gasteiger charge is -2.24. The Morgan fingerprint density at radius 3 is 2.28 bits per heavy atom. The summed E-state index contributed by atoms with van der Waals surface area (Å²) in [5.74, 6) is 0.524. The van der Waals surface area contributed by atoms with Crippen molar-refractivity contribution < 1.29 is 17.9 Å². The molecule has 0 unspecified atom stereocenters. The van der Waals surface area contributed by atoms with Gasteiger partial charge in [0.05, 0.1) is 16.4 Å². The van der Waals surface area contributed by atoms with Gasteiger partial charge in [-0.3, -0.25) is 10.1 Å². The summed E-state index contributed by atoms with van der Waals surface area (Å²) in [6.07, 6.45) is 0. The SMILES string of the molecule is Cc1ccc(-c2noc(CN(C(C)C)S(=O)(=O)c3ccc([N+](=O)[O-])cc3)n2)cc1. The third kappa shape index (κ3) is 4.49. The van der Waals surface area contributed by atoms with Crippen LogP contribution < -0.4 is 0 Å². The van der Waals surface area contributed by atoms with Gasteiger partial charge in [0.1, 0.15) is 0 Å². The van der Waals surface area contributed by atoms with Crippen LogP contribution in [0.5, 0.6) is 0 Å². The molecule has 1 aromatic heterocycles. The summed E-state index contributed by atoms with van der Waals surface area (Å²) in [6, 6.07) is 11.9. The van der Waals surface area contributed by atoms with Crippen molar-refractivity contribution in [2.75, 3.05) is 0 Å². The van der Waals surface area contributed by atoms with Gasteiger partial charge < -0.3 is 4.52 Å². The number of rotatable bonds is 7. The van der Waals surface area contributed by atoms with Crippen LogP contribution in [0.3, 0.4) is 0 Å². The van der Waals surface area contributed by atoms with Crippen LogP contribution in [-0.2, 0) is 16.6 Å². The molecular formula is C19H20N4O5S. The molecule has 29 heavy (non-hydrogen) atoms. The summed E-state index contributed by atoms with van der Waals surface area (Å²) in [7, 11) is -3.92. The Labute approximate surface area is 168 Å². The summed E-state index contributed by atoms with van der Waals surface area (Å²) in [4.78, 5) is 14.5. The smallest absolute Gasteiger partial charge is 0.269 e. The van der Waals surface area contributed by atoms with Crippen molar-refractivity contribution in [3.63, 3.8) is 0 Å². The molecule has 0 spiro atoms. The molecule has 3 rings (SSSR count). The number of aryl methyl sites for hydroxylation is 1. The van der Waals surface area contributed by atoms with Crippen molar-refractivity contribution in [1.82, 2.24) is 14.4 Å². The summed E-state index contributed by atoms with van der Waals surface area (Å²) in [5.41, 5.74) is 1.68. The lowest BCUT2D eigenvalue weighted by molar-refractivity contribution is -0.384. The van der Waals surface area contributed by atoms with E-state index < -0.39 is 21.0 Å². The molecule has 9 nitrogen and oxygen atoms in total. The zero-order chi connectivity index (χ0) is 21.2. The largest absolute Gasteiger partial charge is 0.338 e. The van der Waals surface area contributed by atoms with Gasteiger partial charge in [0.15, 0.2) is 0 Å². The number of hydrogen-bond donors (Lipinski definition) is 0. The highest BCUT2D eigenvalue weighted by Crippen LogP contribution is 2.24. The number of nitro groups is 1. The number of hydrogen-bond acceptors (Lipinski definition) is 7. The molecule has 0 amide bonds. The fraction of sp³-hybridized carbons (Fsp3) is 0.263. The molecule has 152 valence electrons. The third-order valence-corrected chi connectivity index (χ3v) is 6.34. The third-order valence-electron chi connectivity index (χ3n) is 4.30. The average Bonchev–Trinajstić information content (AvgIpc) is 3.15. The predicted molar refractivity (Wildman–Crippen MR) is 105 cm³/mol. The highest BCUT2D eigenvalue weighted by Gasteiger charge is 2.29. The quantitative estimate of drug-likeness (QED) is 0.427. The fourth-order valence-corrected chi connectivity index (χ4v) is 4.28. The molecule has 0 atom stereocenters. The van der Waals surface area contributed by atoms with Crippen molar-refractivity contribution in [2.45, 2.75) is 38.3 Å². The van der Waals surface area contributed by atoms with Crippen LogP contribution in [-0.4, -0.2) is 33.8 Å². The van der Waals surface area contributed by atoms with Crippen molar-refractivity contribution in [1.29, 1.82) is 0 Å². The van der Waals surface area contributed by atoms with Gasteiger partial charge in [-0.25, -0.2) is 8.42 Å². The first-order chi connectivity index (χ1) is 13.7. The van der Waals surface area contributed by atoms with Gasteiger partial charge in [0.25, 0.3) is 5.69 Å². The number of nitro benzene ring substituents is 1. The Balaban J connectivity index is 1.86. The summed E-state index contributed by atoms with van der Waals surface area (Å²) in [5, 5.41) is 14.7. The minimum absolute atomic E-state index is 0.0462. The topological polar surface area (TPSA) is 119 Å². The lowest BCUT2D eigenvalue weighted by Crippen LogP contribution is -2.36. The van der Waals surface area contributed by atoms with Gasteiger partial charge in [-0.1, -0.05) is 35.0 Å². The highest BCUT2D eigenvalue weighted by atomic mass is 32.2. The maximum Gasteiger partial charge on any atom is 0.269 e. The molecular weight excluding hydrogens is 396 g/mol. The monoisotopic (exact) mass is 416 g/mol. The van der Waals surface area contributed by atoms with E-state index in [1.807, 2.05) is 31.2 Å². The number of aromatic nitrogens is 2. The molecule has 0 saturated heterocycles. The van der Waals surface area contributed by atoms with Gasteiger partial charge in [-0.15, -0.1) is 0 Å². The molecule has 3 aromatic rings. The molecule has 0 bridgehead atoms. The van der Waals surface area contributed by atoms with E-state index in [2.05, 4.69) is 10.1 Å². The van der Waals surface area contributed by atoms with Crippen LogP contribution in [0.1, 0.15) is 25.3 Å². The lowest BCUT2D eigenvalue weighted by atomic mass is 10.1. The van der Waals surface area contributed by atoms with Crippen LogP contribution in [0.4, 0.5) is 5.69 Å². The fourth-order valence-electron chi connectivity index (χ4n) is 2.69. The summed E-state index contributed by atoms with van der Waals surface area (Å²) in [6.45, 7) is 5.30. The Hall–Kier alpha value is -3.11. The van der Waals surface area contributed by atoms with Crippen LogP contribution in [0, 0.1) is 17.0 Å². The second-order valence-corrected chi connectivity index (χ2v) is 8.66. The molecule has 0 aliphatic heterocycles. The molecule has 1 heterocycles. The minimum atomic E-state index is -3.92. The number of nitrogens with zero attached hydrogens (tertiary/aromatic N) is 4. The van der Waals surface area contributed by atoms with Crippen molar-refractivity contribution in [3.8, 4) is 11.4 Å². The van der Waals surface area contributed by atoms with E-state index in [4.69, 9.17) is 4.52 Å². The predicted octanol–water partition coefficient (Wildman–Crippen LogP) is 3.55. The van der Waals surface area contributed by atoms with E-state index in [0.29, 0.717) is 5.82 Å². The van der Waals surface area contributed by atoms with E-state index >= 15 is 0 Å². The van der Waals surface area contributed by atoms with Gasteiger partial charge in [0.2, 0.25) is 21.7 Å². The first-order valence-corrected chi connectivity index (χ1v) is 10.3. The van der Waals surface area contributed by atoms with Gasteiger partial charge in [0, 0.05) is 23.7 Å². The van der Waals surface area contributed by atoms with Crippen molar-refractivity contribution in [2.24, 2.45) is 0 Å². The van der Waals surface area contributed by atoms with Crippen LogP contribution in [0.2, 0.25) is 0 Å². The molecule has 0 radical (unpaired) electrons. The number of non-ortho nitro benzene ring substituents is 1. The zero-order valence-corrected chi connectivity index (χ0v) is 17.0. The van der Waals surface area contributed by atoms with Crippen LogP contribution >= 0.6 is 0 Å². The normalized spacial score (nSPS) is 11.9.